The predicted octanol–water partition coefficient (Wildman–Crippen LogP) is -2.22. The van der Waals surface area contributed by atoms with Crippen molar-refractivity contribution in [2.45, 2.75) is 86.8 Å². The van der Waals surface area contributed by atoms with Gasteiger partial charge in [-0.3, -0.25) is 4.90 Å². The Morgan fingerprint density at radius 1 is 0.787 bits per heavy atom. The number of ether oxygens (including phenoxy) is 1. The molecule has 31 heteroatoms. The summed E-state index contributed by atoms with van der Waals surface area (Å²) in [4.78, 5) is 23.9. The van der Waals surface area contributed by atoms with Crippen LogP contribution in [-0.4, -0.2) is 169 Å². The first-order valence-corrected chi connectivity index (χ1v) is 16.2. The third-order valence-corrected chi connectivity index (χ3v) is 9.76. The maximum absolute atomic E-state index is 14.7. The summed E-state index contributed by atoms with van der Waals surface area (Å²) in [7, 11) is 1.03. The highest BCUT2D eigenvalue weighted by Gasteiger charge is 2.79. The minimum atomic E-state index is -6.11. The standard InChI is InChI=1S/C30H37F7N4O20/c1-6-9(17(45)19(47)13(31)14(6)42)20-24(51,52)21(41(23(49)50)30(59,60)28(55,56)38-8(3)61-5)25(53,54)29(57,58)40(20)22(48)39(4)7(2)10-15(43)11(26(32,33)34)18(46)12(16(10)44)27(35,36)37/h7-8,20-21,38,42-47,51-60H,1-5H3,(H,49,50). The molecule has 3 amide bonds. The van der Waals surface area contributed by atoms with Gasteiger partial charge in [0.2, 0.25) is 11.6 Å². The molecule has 0 bridgehead atoms. The summed E-state index contributed by atoms with van der Waals surface area (Å²) < 4.78 is 103. The fourth-order valence-electron chi connectivity index (χ4n) is 6.50. The molecule has 0 aromatic heterocycles. The number of piperidine rings is 1. The number of likely N-dealkylation sites (tertiary alicyclic amines) is 1. The number of halogens is 7. The van der Waals surface area contributed by atoms with Crippen LogP contribution in [-0.2, 0) is 17.1 Å². The van der Waals surface area contributed by atoms with Gasteiger partial charge in [0.1, 0.15) is 40.6 Å². The Kier molecular flexibility index (Phi) is 12.6. The number of benzene rings is 2. The van der Waals surface area contributed by atoms with E-state index in [2.05, 4.69) is 4.74 Å². The second-order valence-corrected chi connectivity index (χ2v) is 13.5. The number of nitrogens with zero attached hydrogens (tertiary/aromatic N) is 3. The number of rotatable bonds is 9. The number of methoxy groups -OCH3 is 1. The molecule has 61 heavy (non-hydrogen) atoms. The lowest BCUT2D eigenvalue weighted by Gasteiger charge is -2.61. The van der Waals surface area contributed by atoms with Crippen LogP contribution in [0.1, 0.15) is 53.7 Å². The molecule has 1 fully saturated rings. The van der Waals surface area contributed by atoms with E-state index in [0.29, 0.717) is 13.8 Å². The quantitative estimate of drug-likeness (QED) is 0.0548. The van der Waals surface area contributed by atoms with Crippen molar-refractivity contribution in [3.63, 3.8) is 0 Å². The molecular formula is C30H37F7N4O20. The maximum atomic E-state index is 14.7. The third-order valence-electron chi connectivity index (χ3n) is 9.76. The van der Waals surface area contributed by atoms with E-state index in [4.69, 9.17) is 0 Å². The number of aliphatic hydroxyl groups is 10. The van der Waals surface area contributed by atoms with Crippen LogP contribution in [0.2, 0.25) is 0 Å². The van der Waals surface area contributed by atoms with Crippen molar-refractivity contribution in [3.8, 4) is 34.5 Å². The number of alkyl halides is 6. The molecule has 4 atom stereocenters. The van der Waals surface area contributed by atoms with Crippen LogP contribution in [0, 0.1) is 12.7 Å². The highest BCUT2D eigenvalue weighted by atomic mass is 19.4. The van der Waals surface area contributed by atoms with Crippen molar-refractivity contribution in [1.82, 2.24) is 20.0 Å². The van der Waals surface area contributed by atoms with E-state index in [1.54, 1.807) is 0 Å². The molecular weight excluding hydrogens is 869 g/mol. The molecule has 4 unspecified atom stereocenters. The SMILES string of the molecule is COC(C)NC(O)(O)C(O)(O)N(C(=O)O)C1C(O)(O)C(c2c(C)c(O)c(F)c(O)c2O)N(C(=O)N(C)C(C)c2c(O)c(C(F)(F)F)c(O)c(C(F)(F)F)c2O)C(O)(O)C1(O)O. The zero-order valence-electron chi connectivity index (χ0n) is 31.1. The average molecular weight is 907 g/mol. The van der Waals surface area contributed by atoms with Crippen LogP contribution in [0.15, 0.2) is 0 Å². The van der Waals surface area contributed by atoms with Gasteiger partial charge in [0, 0.05) is 25.3 Å². The Bertz CT molecular complexity index is 2010. The summed E-state index contributed by atoms with van der Waals surface area (Å²) in [5.74, 6) is -41.7. The number of nitrogens with one attached hydrogen (secondary N) is 1. The highest BCUT2D eigenvalue weighted by Crippen LogP contribution is 2.58. The van der Waals surface area contributed by atoms with Crippen molar-refractivity contribution in [3.05, 3.63) is 33.6 Å². The van der Waals surface area contributed by atoms with E-state index in [1.165, 1.54) is 5.32 Å². The molecule has 2 aromatic rings. The monoisotopic (exact) mass is 906 g/mol. The van der Waals surface area contributed by atoms with E-state index in [9.17, 15) is 127 Å². The molecule has 1 aliphatic heterocycles. The maximum Gasteiger partial charge on any atom is 0.423 e. The topological polar surface area (TPSA) is 409 Å². The van der Waals surface area contributed by atoms with Gasteiger partial charge >= 0.3 is 42.2 Å². The van der Waals surface area contributed by atoms with E-state index in [-0.39, 0.29) is 11.9 Å². The first-order chi connectivity index (χ1) is 27.1. The normalized spacial score (nSPS) is 20.3. The zero-order valence-corrected chi connectivity index (χ0v) is 31.1. The second kappa shape index (κ2) is 15.3. The van der Waals surface area contributed by atoms with Gasteiger partial charge in [-0.25, -0.2) is 19.8 Å². The summed E-state index contributed by atoms with van der Waals surface area (Å²) in [6.45, 7) is 1.64. The molecule has 346 valence electrons. The third kappa shape index (κ3) is 7.60. The lowest BCUT2D eigenvalue weighted by molar-refractivity contribution is -0.506. The van der Waals surface area contributed by atoms with Gasteiger partial charge in [0.25, 0.3) is 5.79 Å². The molecule has 0 radical (unpaired) electrons. The van der Waals surface area contributed by atoms with Gasteiger partial charge in [0.15, 0.2) is 23.3 Å². The van der Waals surface area contributed by atoms with Crippen molar-refractivity contribution >= 4 is 12.1 Å². The van der Waals surface area contributed by atoms with E-state index in [0.717, 1.165) is 14.0 Å². The molecule has 18 N–H and O–H groups in total. The van der Waals surface area contributed by atoms with Gasteiger partial charge in [-0.2, -0.15) is 30.7 Å². The number of carbonyl (C=O) groups excluding carboxylic acids is 1. The van der Waals surface area contributed by atoms with Crippen LogP contribution in [0.3, 0.4) is 0 Å². The number of aromatic hydroxyl groups is 6. The Morgan fingerprint density at radius 3 is 1.62 bits per heavy atom. The van der Waals surface area contributed by atoms with Crippen LogP contribution >= 0.6 is 0 Å². The van der Waals surface area contributed by atoms with Crippen molar-refractivity contribution in [1.29, 1.82) is 0 Å². The smallest absolute Gasteiger partial charge is 0.423 e. The Balaban J connectivity index is 2.57. The lowest BCUT2D eigenvalue weighted by atomic mass is 9.77. The number of hydrogen-bond donors (Lipinski definition) is 18. The van der Waals surface area contributed by atoms with Gasteiger partial charge in [-0.05, 0) is 20.8 Å². The average Bonchev–Trinajstić information content (AvgIpc) is 3.08. The van der Waals surface area contributed by atoms with Gasteiger partial charge < -0.3 is 96.4 Å². The van der Waals surface area contributed by atoms with Crippen molar-refractivity contribution < 1.29 is 132 Å². The minimum absolute atomic E-state index is 0.211. The summed E-state index contributed by atoms with van der Waals surface area (Å²) in [6, 6.07) is -13.7. The zero-order chi connectivity index (χ0) is 48.0. The number of carboxylic acid groups (broad SMARTS) is 1. The van der Waals surface area contributed by atoms with Crippen molar-refractivity contribution in [2.24, 2.45) is 0 Å². The van der Waals surface area contributed by atoms with Crippen LogP contribution < -0.4 is 5.32 Å². The molecule has 0 aliphatic carbocycles. The van der Waals surface area contributed by atoms with E-state index >= 15 is 0 Å². The fourth-order valence-corrected chi connectivity index (χ4v) is 6.50. The van der Waals surface area contributed by atoms with Crippen LogP contribution in [0.25, 0.3) is 0 Å². The van der Waals surface area contributed by atoms with Crippen molar-refractivity contribution in [2.75, 3.05) is 14.2 Å². The number of phenolic OH excluding ortho intramolecular Hbond substituents is 6. The number of hydrogen-bond acceptors (Lipinski definition) is 20. The molecule has 1 aliphatic rings. The molecule has 3 rings (SSSR count). The largest absolute Gasteiger partial charge is 0.507 e. The minimum Gasteiger partial charge on any atom is -0.507 e. The first kappa shape index (κ1) is 50.2. The molecule has 1 heterocycles. The number of carbonyl (C=O) groups is 2. The van der Waals surface area contributed by atoms with Gasteiger partial charge in [0.05, 0.1) is 11.6 Å². The highest BCUT2D eigenvalue weighted by molar-refractivity contribution is 5.78. The Morgan fingerprint density at radius 2 is 1.23 bits per heavy atom. The van der Waals surface area contributed by atoms with Crippen LogP contribution in [0.5, 0.6) is 34.5 Å². The molecule has 2 aromatic carbocycles. The summed E-state index contributed by atoms with van der Waals surface area (Å²) in [5, 5.41) is 186. The first-order valence-electron chi connectivity index (χ1n) is 16.2. The van der Waals surface area contributed by atoms with E-state index < -0.39 is 156 Å². The summed E-state index contributed by atoms with van der Waals surface area (Å²) >= 11 is 0. The number of amides is 3. The fraction of sp³-hybridized carbons (Fsp3) is 0.533. The number of urea groups is 1. The summed E-state index contributed by atoms with van der Waals surface area (Å²) in [6.07, 6.45) is -17.1. The van der Waals surface area contributed by atoms with Crippen LogP contribution in [0.4, 0.5) is 40.3 Å². The van der Waals surface area contributed by atoms with E-state index in [1.807, 2.05) is 0 Å². The van der Waals surface area contributed by atoms with Gasteiger partial charge in [-0.1, -0.05) is 0 Å². The lowest BCUT2D eigenvalue weighted by Crippen LogP contribution is -2.88. The number of phenols is 6. The molecule has 0 saturated carbocycles. The predicted molar refractivity (Wildman–Crippen MR) is 173 cm³/mol. The van der Waals surface area contributed by atoms with Gasteiger partial charge in [-0.15, -0.1) is 0 Å². The molecule has 1 saturated heterocycles. The molecule has 0 spiro atoms. The Labute approximate surface area is 333 Å². The Hall–Kier alpha value is -5.19. The summed E-state index contributed by atoms with van der Waals surface area (Å²) in [5.41, 5.74) is -11.0. The molecule has 24 nitrogen and oxygen atoms in total. The second-order valence-electron chi connectivity index (χ2n) is 13.5.